The number of sulfone groups is 1. The van der Waals surface area contributed by atoms with Crippen LogP contribution in [0.15, 0.2) is 30.3 Å². The van der Waals surface area contributed by atoms with Crippen LogP contribution in [-0.4, -0.2) is 25.9 Å². The summed E-state index contributed by atoms with van der Waals surface area (Å²) < 4.78 is 28.6. The fourth-order valence-electron chi connectivity index (χ4n) is 3.22. The van der Waals surface area contributed by atoms with E-state index in [1.54, 1.807) is 0 Å². The van der Waals surface area contributed by atoms with Crippen LogP contribution in [0.25, 0.3) is 0 Å². The van der Waals surface area contributed by atoms with E-state index in [1.165, 1.54) is 0 Å². The summed E-state index contributed by atoms with van der Waals surface area (Å²) in [6.45, 7) is 0. The molecule has 0 radical (unpaired) electrons. The molecule has 1 aromatic carbocycles. The topological polar surface area (TPSA) is 60.4 Å². The molecule has 3 rings (SSSR count). The summed E-state index contributed by atoms with van der Waals surface area (Å²) in [5.41, 5.74) is 0.569. The van der Waals surface area contributed by atoms with Crippen LogP contribution in [0.3, 0.4) is 0 Å². The Morgan fingerprint density at radius 1 is 1.24 bits per heavy atom. The Kier molecular flexibility index (Phi) is 3.78. The smallest absolute Gasteiger partial charge is 0.306 e. The zero-order valence-corrected chi connectivity index (χ0v) is 12.8. The first-order valence-corrected chi connectivity index (χ1v) is 9.29. The summed E-state index contributed by atoms with van der Waals surface area (Å²) in [6.07, 6.45) is 3.56. The van der Waals surface area contributed by atoms with Crippen molar-refractivity contribution in [2.24, 2.45) is 5.92 Å². The zero-order chi connectivity index (χ0) is 14.9. The molecule has 5 heteroatoms. The summed E-state index contributed by atoms with van der Waals surface area (Å²) in [5.74, 6) is -0.00840. The quantitative estimate of drug-likeness (QED) is 0.802. The van der Waals surface area contributed by atoms with Gasteiger partial charge in [0.05, 0.1) is 11.5 Å². The van der Waals surface area contributed by atoms with Gasteiger partial charge >= 0.3 is 5.97 Å². The van der Waals surface area contributed by atoms with Crippen LogP contribution in [0, 0.1) is 5.92 Å². The van der Waals surface area contributed by atoms with Crippen LogP contribution in [0.4, 0.5) is 0 Å². The maximum Gasteiger partial charge on any atom is 0.306 e. The number of rotatable bonds is 4. The largest absolute Gasteiger partial charge is 0.454 e. The van der Waals surface area contributed by atoms with Crippen LogP contribution in [-0.2, 0) is 25.0 Å². The van der Waals surface area contributed by atoms with Gasteiger partial charge in [0.15, 0.2) is 9.84 Å². The van der Waals surface area contributed by atoms with E-state index in [-0.39, 0.29) is 29.8 Å². The average molecular weight is 308 g/mol. The standard InChI is InChI=1S/C16H20O4S/c17-15(11-13-7-10-21(18,19)12-13)20-16(8-4-9-16)14-5-2-1-3-6-14/h1-3,5-6,13H,4,7-12H2/t13-/m1/s1. The van der Waals surface area contributed by atoms with Crippen molar-refractivity contribution >= 4 is 15.8 Å². The minimum atomic E-state index is -2.94. The molecule has 4 nitrogen and oxygen atoms in total. The molecule has 1 saturated heterocycles. The zero-order valence-electron chi connectivity index (χ0n) is 12.0. The van der Waals surface area contributed by atoms with Gasteiger partial charge in [-0.05, 0) is 37.2 Å². The molecule has 1 aliphatic carbocycles. The number of ether oxygens (including phenoxy) is 1. The molecule has 114 valence electrons. The minimum absolute atomic E-state index is 0.0737. The van der Waals surface area contributed by atoms with E-state index in [9.17, 15) is 13.2 Å². The van der Waals surface area contributed by atoms with Crippen molar-refractivity contribution in [1.29, 1.82) is 0 Å². The Labute approximate surface area is 125 Å². The van der Waals surface area contributed by atoms with Gasteiger partial charge in [-0.25, -0.2) is 8.42 Å². The molecular formula is C16H20O4S. The highest BCUT2D eigenvalue weighted by Crippen LogP contribution is 2.45. The molecule has 0 aromatic heterocycles. The van der Waals surface area contributed by atoms with E-state index >= 15 is 0 Å². The Bertz CT molecular complexity index is 617. The number of hydrogen-bond acceptors (Lipinski definition) is 4. The summed E-state index contributed by atoms with van der Waals surface area (Å²) in [6, 6.07) is 9.83. The lowest BCUT2D eigenvalue weighted by Crippen LogP contribution is -2.39. The number of carbonyl (C=O) groups excluding carboxylic acids is 1. The number of benzene rings is 1. The van der Waals surface area contributed by atoms with Gasteiger partial charge in [-0.2, -0.15) is 0 Å². The molecule has 0 N–H and O–H groups in total. The monoisotopic (exact) mass is 308 g/mol. The van der Waals surface area contributed by atoms with E-state index in [0.717, 1.165) is 24.8 Å². The third-order valence-electron chi connectivity index (χ3n) is 4.55. The second-order valence-corrected chi connectivity index (χ2v) is 8.39. The molecule has 1 aliphatic heterocycles. The van der Waals surface area contributed by atoms with E-state index in [2.05, 4.69) is 0 Å². The van der Waals surface area contributed by atoms with Crippen LogP contribution < -0.4 is 0 Å². The van der Waals surface area contributed by atoms with Crippen molar-refractivity contribution in [2.45, 2.75) is 37.7 Å². The van der Waals surface area contributed by atoms with Crippen molar-refractivity contribution in [1.82, 2.24) is 0 Å². The van der Waals surface area contributed by atoms with Crippen molar-refractivity contribution < 1.29 is 17.9 Å². The first-order valence-electron chi connectivity index (χ1n) is 7.47. The average Bonchev–Trinajstić information content (AvgIpc) is 2.74. The molecule has 0 unspecified atom stereocenters. The first kappa shape index (κ1) is 14.6. The lowest BCUT2D eigenvalue weighted by atomic mass is 9.75. The van der Waals surface area contributed by atoms with Crippen molar-refractivity contribution in [3.8, 4) is 0 Å². The number of carbonyl (C=O) groups is 1. The fraction of sp³-hybridized carbons (Fsp3) is 0.562. The fourth-order valence-corrected chi connectivity index (χ4v) is 5.08. The SMILES string of the molecule is O=C(C[C@H]1CCS(=O)(=O)C1)OC1(c2ccccc2)CCC1. The highest BCUT2D eigenvalue weighted by atomic mass is 32.2. The molecule has 1 aromatic rings. The minimum Gasteiger partial charge on any atom is -0.454 e. The summed E-state index contributed by atoms with van der Waals surface area (Å²) in [7, 11) is -2.94. The van der Waals surface area contributed by atoms with Crippen LogP contribution >= 0.6 is 0 Å². The third-order valence-corrected chi connectivity index (χ3v) is 6.39. The molecular weight excluding hydrogens is 288 g/mol. The van der Waals surface area contributed by atoms with E-state index in [0.29, 0.717) is 6.42 Å². The predicted molar refractivity (Wildman–Crippen MR) is 79.4 cm³/mol. The van der Waals surface area contributed by atoms with Gasteiger partial charge in [-0.3, -0.25) is 4.79 Å². The van der Waals surface area contributed by atoms with Gasteiger partial charge < -0.3 is 4.74 Å². The maximum absolute atomic E-state index is 12.2. The third kappa shape index (κ3) is 3.12. The highest BCUT2D eigenvalue weighted by molar-refractivity contribution is 7.91. The second kappa shape index (κ2) is 5.44. The maximum atomic E-state index is 12.2. The Hall–Kier alpha value is -1.36. The lowest BCUT2D eigenvalue weighted by molar-refractivity contribution is -0.172. The summed E-state index contributed by atoms with van der Waals surface area (Å²) in [5, 5.41) is 0. The van der Waals surface area contributed by atoms with Crippen molar-refractivity contribution in [3.05, 3.63) is 35.9 Å². The Morgan fingerprint density at radius 3 is 2.48 bits per heavy atom. The molecule has 1 atom stereocenters. The van der Waals surface area contributed by atoms with Gasteiger partial charge in [0, 0.05) is 6.42 Å². The van der Waals surface area contributed by atoms with E-state index < -0.39 is 15.4 Å². The Balaban J connectivity index is 1.64. The van der Waals surface area contributed by atoms with Gasteiger partial charge in [-0.15, -0.1) is 0 Å². The van der Waals surface area contributed by atoms with E-state index in [1.807, 2.05) is 30.3 Å². The highest BCUT2D eigenvalue weighted by Gasteiger charge is 2.43. The molecule has 1 heterocycles. The number of hydrogen-bond donors (Lipinski definition) is 0. The Morgan fingerprint density at radius 2 is 1.95 bits per heavy atom. The molecule has 21 heavy (non-hydrogen) atoms. The van der Waals surface area contributed by atoms with E-state index in [4.69, 9.17) is 4.74 Å². The van der Waals surface area contributed by atoms with Gasteiger partial charge in [-0.1, -0.05) is 30.3 Å². The number of esters is 1. The van der Waals surface area contributed by atoms with Crippen molar-refractivity contribution in [3.63, 3.8) is 0 Å². The van der Waals surface area contributed by atoms with Gasteiger partial charge in [0.25, 0.3) is 0 Å². The predicted octanol–water partition coefficient (Wildman–Crippen LogP) is 2.43. The molecule has 1 saturated carbocycles. The van der Waals surface area contributed by atoms with Crippen LogP contribution in [0.2, 0.25) is 0 Å². The summed E-state index contributed by atoms with van der Waals surface area (Å²) in [4.78, 5) is 12.2. The summed E-state index contributed by atoms with van der Waals surface area (Å²) >= 11 is 0. The molecule has 2 fully saturated rings. The first-order chi connectivity index (χ1) is 9.99. The lowest BCUT2D eigenvalue weighted by Gasteiger charge is -2.41. The molecule has 0 spiro atoms. The van der Waals surface area contributed by atoms with Gasteiger partial charge in [0.1, 0.15) is 5.60 Å². The molecule has 2 aliphatic rings. The second-order valence-electron chi connectivity index (χ2n) is 6.16. The molecule has 0 amide bonds. The van der Waals surface area contributed by atoms with Gasteiger partial charge in [0.2, 0.25) is 0 Å². The van der Waals surface area contributed by atoms with Crippen LogP contribution in [0.5, 0.6) is 0 Å². The van der Waals surface area contributed by atoms with Crippen LogP contribution in [0.1, 0.15) is 37.7 Å². The normalized spacial score (nSPS) is 26.0. The molecule has 0 bridgehead atoms. The van der Waals surface area contributed by atoms with Crippen molar-refractivity contribution in [2.75, 3.05) is 11.5 Å².